The first-order valence-corrected chi connectivity index (χ1v) is 22.4. The van der Waals surface area contributed by atoms with Crippen LogP contribution in [0.25, 0.3) is 111 Å². The van der Waals surface area contributed by atoms with Gasteiger partial charge in [-0.3, -0.25) is 0 Å². The minimum atomic E-state index is -0.119. The zero-order valence-corrected chi connectivity index (χ0v) is 36.1. The van der Waals surface area contributed by atoms with Gasteiger partial charge in [-0.15, -0.1) is 0 Å². The molecule has 0 spiro atoms. The van der Waals surface area contributed by atoms with Crippen molar-refractivity contribution in [2.24, 2.45) is 0 Å². The zero-order valence-electron chi connectivity index (χ0n) is 36.1. The molecule has 0 atom stereocenters. The molecule has 0 bridgehead atoms. The van der Waals surface area contributed by atoms with Crippen LogP contribution < -0.4 is 0 Å². The van der Waals surface area contributed by atoms with E-state index >= 15 is 0 Å². The number of rotatable bonds is 6. The third kappa shape index (κ3) is 5.84. The summed E-state index contributed by atoms with van der Waals surface area (Å²) in [5.74, 6) is 0.722. The fraction of sp³-hybridized carbons (Fsp3) is 0.0492. The Hall–Kier alpha value is -8.34. The topological polar surface area (TPSA) is 35.6 Å². The van der Waals surface area contributed by atoms with Crippen LogP contribution in [0.5, 0.6) is 0 Å². The number of nitrogens with zero attached hydrogens (tertiary/aromatic N) is 4. The molecule has 65 heavy (non-hydrogen) atoms. The SMILES string of the molecule is CC1(C)c2ccccc2-c2ccc(-c3nc(-c4ccccc4)cc(-c4ccc(-n5c6ccccc6c6cc(-c7ccc8c(c7)c7ccccc7n8-c7ccccc7)ccc65)cc4)n3)cc21. The smallest absolute Gasteiger partial charge is 0.160 e. The molecule has 0 fully saturated rings. The molecular formula is C61H42N4. The predicted octanol–water partition coefficient (Wildman–Crippen LogP) is 15.6. The summed E-state index contributed by atoms with van der Waals surface area (Å²) in [5, 5.41) is 4.95. The average Bonchev–Trinajstić information content (AvgIpc) is 3.96. The fourth-order valence-corrected chi connectivity index (χ4v) is 10.5. The second-order valence-electron chi connectivity index (χ2n) is 17.8. The Bertz CT molecular complexity index is 3840. The largest absolute Gasteiger partial charge is 0.309 e. The van der Waals surface area contributed by atoms with Gasteiger partial charge in [0.1, 0.15) is 0 Å². The lowest BCUT2D eigenvalue weighted by Gasteiger charge is -2.21. The maximum absolute atomic E-state index is 5.29. The molecule has 0 saturated heterocycles. The molecule has 4 heteroatoms. The van der Waals surface area contributed by atoms with Gasteiger partial charge < -0.3 is 9.13 Å². The van der Waals surface area contributed by atoms with Crippen molar-refractivity contribution in [3.63, 3.8) is 0 Å². The van der Waals surface area contributed by atoms with Crippen molar-refractivity contribution < 1.29 is 0 Å². The first-order valence-electron chi connectivity index (χ1n) is 22.4. The van der Waals surface area contributed by atoms with Crippen molar-refractivity contribution in [1.29, 1.82) is 0 Å². The number of hydrogen-bond donors (Lipinski definition) is 0. The number of hydrogen-bond acceptors (Lipinski definition) is 2. The molecule has 0 amide bonds. The van der Waals surface area contributed by atoms with E-state index in [9.17, 15) is 0 Å². The Kier molecular flexibility index (Phi) is 8.22. The van der Waals surface area contributed by atoms with Gasteiger partial charge >= 0.3 is 0 Å². The quantitative estimate of drug-likeness (QED) is 0.167. The predicted molar refractivity (Wildman–Crippen MR) is 270 cm³/mol. The highest BCUT2D eigenvalue weighted by molar-refractivity contribution is 6.12. The van der Waals surface area contributed by atoms with E-state index in [1.807, 2.05) is 6.07 Å². The first kappa shape index (κ1) is 37.2. The van der Waals surface area contributed by atoms with Crippen molar-refractivity contribution in [2.45, 2.75) is 19.3 Å². The molecule has 1 aliphatic rings. The number of fused-ring (bicyclic) bond motifs is 9. The minimum absolute atomic E-state index is 0.119. The van der Waals surface area contributed by atoms with Gasteiger partial charge in [0.05, 0.1) is 33.5 Å². The van der Waals surface area contributed by atoms with Gasteiger partial charge in [0, 0.05) is 55.0 Å². The van der Waals surface area contributed by atoms with Crippen LogP contribution in [0.4, 0.5) is 0 Å². The second-order valence-corrected chi connectivity index (χ2v) is 17.8. The van der Waals surface area contributed by atoms with Crippen LogP contribution in [0.3, 0.4) is 0 Å². The van der Waals surface area contributed by atoms with Crippen molar-refractivity contribution in [1.82, 2.24) is 19.1 Å². The molecule has 1 aliphatic carbocycles. The molecule has 306 valence electrons. The second kappa shape index (κ2) is 14.3. The monoisotopic (exact) mass is 830 g/mol. The Morgan fingerprint density at radius 2 is 0.785 bits per heavy atom. The zero-order chi connectivity index (χ0) is 43.2. The Morgan fingerprint density at radius 1 is 0.323 bits per heavy atom. The van der Waals surface area contributed by atoms with Crippen molar-refractivity contribution >= 4 is 43.6 Å². The molecule has 0 unspecified atom stereocenters. The van der Waals surface area contributed by atoms with E-state index in [1.165, 1.54) is 82.7 Å². The molecule has 4 nitrogen and oxygen atoms in total. The van der Waals surface area contributed by atoms with Crippen molar-refractivity contribution in [3.05, 3.63) is 230 Å². The molecule has 0 aliphatic heterocycles. The van der Waals surface area contributed by atoms with E-state index in [-0.39, 0.29) is 5.41 Å². The van der Waals surface area contributed by atoms with Crippen LogP contribution in [-0.4, -0.2) is 19.1 Å². The van der Waals surface area contributed by atoms with E-state index in [1.54, 1.807) is 0 Å². The maximum atomic E-state index is 5.29. The van der Waals surface area contributed by atoms with Gasteiger partial charge in [0.15, 0.2) is 5.82 Å². The summed E-state index contributed by atoms with van der Waals surface area (Å²) in [6.45, 7) is 4.64. The summed E-state index contributed by atoms with van der Waals surface area (Å²) in [6, 6.07) is 78.9. The highest BCUT2D eigenvalue weighted by Gasteiger charge is 2.35. The number of aromatic nitrogens is 4. The minimum Gasteiger partial charge on any atom is -0.309 e. The highest BCUT2D eigenvalue weighted by Crippen LogP contribution is 2.49. The molecule has 3 heterocycles. The van der Waals surface area contributed by atoms with Crippen LogP contribution in [0.1, 0.15) is 25.0 Å². The number of benzene rings is 9. The standard InChI is InChI=1S/C61H42N4/c1-61(2)52-22-12-9-19-46(52)47-32-27-43(37-53(47)61)60-62-54(39-15-5-3-6-16-39)38-55(63-60)40-25-30-45(31-26-40)65-57-24-14-11-21-49(57)51-36-42(29-34-59(51)65)41-28-33-58-50(35-41)48-20-10-13-23-56(48)64(58)44-17-7-4-8-18-44/h3-38H,1-2H3. The van der Waals surface area contributed by atoms with Crippen LogP contribution >= 0.6 is 0 Å². The summed E-state index contributed by atoms with van der Waals surface area (Å²) in [5.41, 5.74) is 19.5. The van der Waals surface area contributed by atoms with Crippen LogP contribution in [0.15, 0.2) is 218 Å². The van der Waals surface area contributed by atoms with Gasteiger partial charge in [-0.2, -0.15) is 0 Å². The molecule has 0 radical (unpaired) electrons. The third-order valence-corrected chi connectivity index (χ3v) is 13.8. The Morgan fingerprint density at radius 3 is 1.42 bits per heavy atom. The summed E-state index contributed by atoms with van der Waals surface area (Å²) in [7, 11) is 0. The molecule has 0 saturated carbocycles. The van der Waals surface area contributed by atoms with Gasteiger partial charge in [0.25, 0.3) is 0 Å². The summed E-state index contributed by atoms with van der Waals surface area (Å²) >= 11 is 0. The Labute approximate surface area is 377 Å². The molecule has 12 aromatic rings. The first-order chi connectivity index (χ1) is 32.0. The fourth-order valence-electron chi connectivity index (χ4n) is 10.5. The highest BCUT2D eigenvalue weighted by atomic mass is 15.0. The molecular weight excluding hydrogens is 789 g/mol. The van der Waals surface area contributed by atoms with Crippen LogP contribution in [0, 0.1) is 0 Å². The van der Waals surface area contributed by atoms with Gasteiger partial charge in [-0.1, -0.05) is 159 Å². The normalized spacial score (nSPS) is 12.9. The van der Waals surface area contributed by atoms with Gasteiger partial charge in [0.2, 0.25) is 0 Å². The molecule has 3 aromatic heterocycles. The summed E-state index contributed by atoms with van der Waals surface area (Å²) in [4.78, 5) is 10.5. The lowest BCUT2D eigenvalue weighted by Crippen LogP contribution is -2.15. The van der Waals surface area contributed by atoms with Crippen LogP contribution in [-0.2, 0) is 5.41 Å². The van der Waals surface area contributed by atoms with E-state index in [0.29, 0.717) is 0 Å². The van der Waals surface area contributed by atoms with E-state index in [2.05, 4.69) is 235 Å². The molecule has 13 rings (SSSR count). The summed E-state index contributed by atoms with van der Waals surface area (Å²) in [6.07, 6.45) is 0. The molecule has 0 N–H and O–H groups in total. The van der Waals surface area contributed by atoms with Crippen LogP contribution in [0.2, 0.25) is 0 Å². The van der Waals surface area contributed by atoms with Gasteiger partial charge in [-0.25, -0.2) is 9.97 Å². The maximum Gasteiger partial charge on any atom is 0.160 e. The van der Waals surface area contributed by atoms with E-state index < -0.39 is 0 Å². The van der Waals surface area contributed by atoms with E-state index in [4.69, 9.17) is 9.97 Å². The van der Waals surface area contributed by atoms with E-state index in [0.717, 1.165) is 39.6 Å². The van der Waals surface area contributed by atoms with Crippen molar-refractivity contribution in [2.75, 3.05) is 0 Å². The Balaban J connectivity index is 0.895. The lowest BCUT2D eigenvalue weighted by molar-refractivity contribution is 0.660. The van der Waals surface area contributed by atoms with Crippen molar-refractivity contribution in [3.8, 4) is 67.5 Å². The average molecular weight is 831 g/mol. The molecule has 9 aromatic carbocycles. The summed E-state index contributed by atoms with van der Waals surface area (Å²) < 4.78 is 4.76. The van der Waals surface area contributed by atoms with Gasteiger partial charge in [-0.05, 0) is 106 Å². The number of para-hydroxylation sites is 3. The lowest BCUT2D eigenvalue weighted by atomic mass is 9.82. The third-order valence-electron chi connectivity index (χ3n) is 13.8.